The lowest BCUT2D eigenvalue weighted by molar-refractivity contribution is 0.509. The zero-order valence-electron chi connectivity index (χ0n) is 10.9. The number of anilines is 2. The van der Waals surface area contributed by atoms with E-state index in [0.29, 0.717) is 5.95 Å². The predicted octanol–water partition coefficient (Wildman–Crippen LogP) is 2.82. The summed E-state index contributed by atoms with van der Waals surface area (Å²) in [6, 6.07) is 1.97. The first-order valence-electron chi connectivity index (χ1n) is 5.78. The largest absolute Gasteiger partial charge is 0.365 e. The Morgan fingerprint density at radius 3 is 2.56 bits per heavy atom. The van der Waals surface area contributed by atoms with Crippen molar-refractivity contribution >= 4 is 11.8 Å². The van der Waals surface area contributed by atoms with Gasteiger partial charge in [0.1, 0.15) is 5.82 Å². The topological polar surface area (TPSA) is 49.8 Å². The third-order valence-corrected chi connectivity index (χ3v) is 2.42. The van der Waals surface area contributed by atoms with E-state index < -0.39 is 0 Å². The highest BCUT2D eigenvalue weighted by atomic mass is 15.1. The van der Waals surface area contributed by atoms with Crippen LogP contribution in [-0.2, 0) is 0 Å². The summed E-state index contributed by atoms with van der Waals surface area (Å²) in [5, 5.41) is 6.41. The number of aryl methyl sites for hydroxylation is 1. The summed E-state index contributed by atoms with van der Waals surface area (Å²) >= 11 is 0. The van der Waals surface area contributed by atoms with Crippen LogP contribution in [0.2, 0.25) is 0 Å². The van der Waals surface area contributed by atoms with Crippen molar-refractivity contribution < 1.29 is 0 Å². The Morgan fingerprint density at radius 1 is 1.31 bits per heavy atom. The third-order valence-electron chi connectivity index (χ3n) is 2.42. The zero-order chi connectivity index (χ0) is 12.2. The minimum atomic E-state index is 0.0700. The second-order valence-corrected chi connectivity index (χ2v) is 4.73. The standard InChI is InChI=1S/C12H22N4/c1-6-7-12(3,4)16-10-8-9(2)14-11(13-5)15-10/h8H,6-7H2,1-5H3,(H2,13,14,15,16). The molecule has 16 heavy (non-hydrogen) atoms. The molecule has 0 aliphatic rings. The van der Waals surface area contributed by atoms with Gasteiger partial charge in [0.25, 0.3) is 0 Å². The van der Waals surface area contributed by atoms with Crippen LogP contribution in [-0.4, -0.2) is 22.6 Å². The van der Waals surface area contributed by atoms with Crippen LogP contribution in [0.4, 0.5) is 11.8 Å². The summed E-state index contributed by atoms with van der Waals surface area (Å²) in [6.07, 6.45) is 2.27. The Bertz CT molecular complexity index is 347. The molecule has 0 aliphatic carbocycles. The summed E-state index contributed by atoms with van der Waals surface area (Å²) in [6.45, 7) is 8.54. The molecular weight excluding hydrogens is 200 g/mol. The van der Waals surface area contributed by atoms with Gasteiger partial charge >= 0.3 is 0 Å². The molecule has 0 amide bonds. The molecule has 0 aromatic carbocycles. The smallest absolute Gasteiger partial charge is 0.224 e. The lowest BCUT2D eigenvalue weighted by atomic mass is 9.99. The second-order valence-electron chi connectivity index (χ2n) is 4.73. The molecule has 0 spiro atoms. The Hall–Kier alpha value is -1.32. The molecule has 4 nitrogen and oxygen atoms in total. The molecule has 90 valence electrons. The van der Waals surface area contributed by atoms with Crippen molar-refractivity contribution in [1.82, 2.24) is 9.97 Å². The molecule has 0 radical (unpaired) electrons. The van der Waals surface area contributed by atoms with Crippen LogP contribution in [0.25, 0.3) is 0 Å². The summed E-state index contributed by atoms with van der Waals surface area (Å²) in [5.41, 5.74) is 1.04. The van der Waals surface area contributed by atoms with Gasteiger partial charge in [-0.25, -0.2) is 4.98 Å². The molecule has 1 heterocycles. The van der Waals surface area contributed by atoms with E-state index in [1.54, 1.807) is 0 Å². The summed E-state index contributed by atoms with van der Waals surface area (Å²) in [4.78, 5) is 8.65. The summed E-state index contributed by atoms with van der Waals surface area (Å²) in [5.74, 6) is 1.55. The average Bonchev–Trinajstić information content (AvgIpc) is 2.15. The third kappa shape index (κ3) is 3.68. The fraction of sp³-hybridized carbons (Fsp3) is 0.667. The lowest BCUT2D eigenvalue weighted by Gasteiger charge is -2.26. The molecule has 0 atom stereocenters. The van der Waals surface area contributed by atoms with E-state index in [2.05, 4.69) is 41.4 Å². The van der Waals surface area contributed by atoms with Crippen molar-refractivity contribution in [2.75, 3.05) is 17.7 Å². The first-order chi connectivity index (χ1) is 7.46. The molecule has 0 saturated carbocycles. The molecule has 1 rings (SSSR count). The summed E-state index contributed by atoms with van der Waals surface area (Å²) < 4.78 is 0. The van der Waals surface area contributed by atoms with E-state index in [4.69, 9.17) is 0 Å². The van der Waals surface area contributed by atoms with E-state index in [-0.39, 0.29) is 5.54 Å². The predicted molar refractivity (Wildman–Crippen MR) is 68.9 cm³/mol. The van der Waals surface area contributed by atoms with Gasteiger partial charge in [-0.2, -0.15) is 4.98 Å². The van der Waals surface area contributed by atoms with Crippen molar-refractivity contribution in [3.05, 3.63) is 11.8 Å². The van der Waals surface area contributed by atoms with E-state index in [9.17, 15) is 0 Å². The second kappa shape index (κ2) is 5.14. The first-order valence-corrected chi connectivity index (χ1v) is 5.78. The number of aromatic nitrogens is 2. The molecular formula is C12H22N4. The fourth-order valence-corrected chi connectivity index (χ4v) is 1.78. The van der Waals surface area contributed by atoms with Gasteiger partial charge in [-0.15, -0.1) is 0 Å². The van der Waals surface area contributed by atoms with Gasteiger partial charge in [0, 0.05) is 24.3 Å². The maximum absolute atomic E-state index is 4.39. The van der Waals surface area contributed by atoms with Gasteiger partial charge in [0.05, 0.1) is 0 Å². The van der Waals surface area contributed by atoms with E-state index in [1.807, 2.05) is 20.0 Å². The molecule has 0 fully saturated rings. The normalized spacial score (nSPS) is 11.3. The van der Waals surface area contributed by atoms with Gasteiger partial charge < -0.3 is 10.6 Å². The molecule has 2 N–H and O–H groups in total. The van der Waals surface area contributed by atoms with E-state index >= 15 is 0 Å². The molecule has 1 aromatic rings. The fourth-order valence-electron chi connectivity index (χ4n) is 1.78. The molecule has 0 aliphatic heterocycles. The van der Waals surface area contributed by atoms with E-state index in [1.165, 1.54) is 0 Å². The highest BCUT2D eigenvalue weighted by molar-refractivity contribution is 5.43. The Kier molecular flexibility index (Phi) is 4.10. The van der Waals surface area contributed by atoms with Crippen LogP contribution < -0.4 is 10.6 Å². The molecule has 4 heteroatoms. The number of nitrogens with zero attached hydrogens (tertiary/aromatic N) is 2. The van der Waals surface area contributed by atoms with E-state index in [0.717, 1.165) is 24.4 Å². The number of rotatable bonds is 5. The van der Waals surface area contributed by atoms with Crippen LogP contribution in [0.1, 0.15) is 39.3 Å². The number of hydrogen-bond acceptors (Lipinski definition) is 4. The maximum atomic E-state index is 4.39. The van der Waals surface area contributed by atoms with Crippen LogP contribution in [0.5, 0.6) is 0 Å². The van der Waals surface area contributed by atoms with Crippen molar-refractivity contribution in [3.63, 3.8) is 0 Å². The average molecular weight is 222 g/mol. The Balaban J connectivity index is 2.84. The quantitative estimate of drug-likeness (QED) is 0.804. The van der Waals surface area contributed by atoms with Crippen molar-refractivity contribution in [3.8, 4) is 0 Å². The lowest BCUT2D eigenvalue weighted by Crippen LogP contribution is -2.31. The van der Waals surface area contributed by atoms with Gasteiger partial charge in [-0.1, -0.05) is 13.3 Å². The van der Waals surface area contributed by atoms with Crippen LogP contribution in [0.15, 0.2) is 6.07 Å². The minimum absolute atomic E-state index is 0.0700. The highest BCUT2D eigenvalue weighted by Crippen LogP contribution is 2.19. The van der Waals surface area contributed by atoms with Crippen LogP contribution in [0.3, 0.4) is 0 Å². The van der Waals surface area contributed by atoms with Crippen LogP contribution >= 0.6 is 0 Å². The molecule has 0 bridgehead atoms. The van der Waals surface area contributed by atoms with Crippen molar-refractivity contribution in [2.24, 2.45) is 0 Å². The maximum Gasteiger partial charge on any atom is 0.224 e. The van der Waals surface area contributed by atoms with Crippen molar-refractivity contribution in [1.29, 1.82) is 0 Å². The Morgan fingerprint density at radius 2 is 2.00 bits per heavy atom. The highest BCUT2D eigenvalue weighted by Gasteiger charge is 2.16. The van der Waals surface area contributed by atoms with Gasteiger partial charge in [0.2, 0.25) is 5.95 Å². The van der Waals surface area contributed by atoms with Crippen molar-refractivity contribution in [2.45, 2.75) is 46.1 Å². The monoisotopic (exact) mass is 222 g/mol. The Labute approximate surface area is 97.9 Å². The first kappa shape index (κ1) is 12.7. The molecule has 0 unspecified atom stereocenters. The minimum Gasteiger partial charge on any atom is -0.365 e. The molecule has 0 saturated heterocycles. The number of nitrogens with one attached hydrogen (secondary N) is 2. The zero-order valence-corrected chi connectivity index (χ0v) is 10.9. The molecule has 1 aromatic heterocycles. The van der Waals surface area contributed by atoms with Gasteiger partial charge in [0.15, 0.2) is 0 Å². The van der Waals surface area contributed by atoms with Crippen LogP contribution in [0, 0.1) is 6.92 Å². The summed E-state index contributed by atoms with van der Waals surface area (Å²) in [7, 11) is 1.83. The number of hydrogen-bond donors (Lipinski definition) is 2. The van der Waals surface area contributed by atoms with Gasteiger partial charge in [-0.3, -0.25) is 0 Å². The van der Waals surface area contributed by atoms with Gasteiger partial charge in [-0.05, 0) is 27.2 Å². The SMILES string of the molecule is CCCC(C)(C)Nc1cc(C)nc(NC)n1.